The molecule has 0 saturated heterocycles. The molecule has 0 spiro atoms. The summed E-state index contributed by atoms with van der Waals surface area (Å²) in [7, 11) is 1.21. The first kappa shape index (κ1) is 13.4. The Balaban J connectivity index is 5.40. The number of carbonyl (C=O) groups excluding carboxylic acids is 1. The second-order valence-corrected chi connectivity index (χ2v) is 5.02. The Bertz CT molecular complexity index is 211. The number of esters is 1. The van der Waals surface area contributed by atoms with Crippen molar-refractivity contribution in [3.63, 3.8) is 0 Å². The van der Waals surface area contributed by atoms with Crippen molar-refractivity contribution in [3.05, 3.63) is 0 Å². The zero-order valence-corrected chi connectivity index (χ0v) is 9.77. The van der Waals surface area contributed by atoms with E-state index in [9.17, 15) is 9.18 Å². The molecular formula is C10H20FNO2. The highest BCUT2D eigenvalue weighted by atomic mass is 19.1. The van der Waals surface area contributed by atoms with Gasteiger partial charge in [-0.15, -0.1) is 0 Å². The third kappa shape index (κ3) is 1.90. The molecule has 0 bridgehead atoms. The number of alkyl halides is 1. The van der Waals surface area contributed by atoms with Crippen LogP contribution in [0.25, 0.3) is 0 Å². The first-order chi connectivity index (χ1) is 5.98. The lowest BCUT2D eigenvalue weighted by atomic mass is 9.66. The molecule has 4 heteroatoms. The number of ether oxygens (including phenoxy) is 1. The molecule has 0 aromatic carbocycles. The van der Waals surface area contributed by atoms with Gasteiger partial charge in [0.15, 0.2) is 5.54 Å². The Hall–Kier alpha value is -0.640. The monoisotopic (exact) mass is 205 g/mol. The Labute approximate surface area is 84.8 Å². The number of rotatable bonds is 2. The second kappa shape index (κ2) is 3.50. The summed E-state index contributed by atoms with van der Waals surface area (Å²) < 4.78 is 18.5. The molecule has 1 unspecified atom stereocenters. The van der Waals surface area contributed by atoms with Crippen LogP contribution >= 0.6 is 0 Å². The van der Waals surface area contributed by atoms with Crippen LogP contribution in [0.3, 0.4) is 0 Å². The van der Waals surface area contributed by atoms with Crippen LogP contribution in [0, 0.1) is 5.41 Å². The molecule has 0 aromatic rings. The Morgan fingerprint density at radius 1 is 1.21 bits per heavy atom. The van der Waals surface area contributed by atoms with Crippen LogP contribution in [0.4, 0.5) is 4.39 Å². The third-order valence-electron chi connectivity index (χ3n) is 2.63. The number of halogens is 1. The summed E-state index contributed by atoms with van der Waals surface area (Å²) in [5.74, 6) is -0.725. The molecule has 0 aliphatic rings. The van der Waals surface area contributed by atoms with E-state index >= 15 is 0 Å². The van der Waals surface area contributed by atoms with Crippen LogP contribution in [0.1, 0.15) is 34.6 Å². The molecule has 0 radical (unpaired) electrons. The summed E-state index contributed by atoms with van der Waals surface area (Å²) >= 11 is 0. The van der Waals surface area contributed by atoms with Gasteiger partial charge in [-0.25, -0.2) is 9.18 Å². The first-order valence-electron chi connectivity index (χ1n) is 4.54. The number of carbonyl (C=O) groups is 1. The van der Waals surface area contributed by atoms with Gasteiger partial charge >= 0.3 is 5.97 Å². The van der Waals surface area contributed by atoms with Gasteiger partial charge in [-0.3, -0.25) is 0 Å². The number of methoxy groups -OCH3 is 1. The molecule has 0 saturated carbocycles. The van der Waals surface area contributed by atoms with E-state index in [-0.39, 0.29) is 0 Å². The Kier molecular flexibility index (Phi) is 3.34. The van der Waals surface area contributed by atoms with E-state index in [2.05, 4.69) is 4.74 Å². The highest BCUT2D eigenvalue weighted by Gasteiger charge is 2.57. The summed E-state index contributed by atoms with van der Waals surface area (Å²) in [6, 6.07) is 0. The molecule has 0 aliphatic carbocycles. The fraction of sp³-hybridized carbons (Fsp3) is 0.900. The summed E-state index contributed by atoms with van der Waals surface area (Å²) in [5.41, 5.74) is 1.67. The van der Waals surface area contributed by atoms with Gasteiger partial charge < -0.3 is 10.5 Å². The lowest BCUT2D eigenvalue weighted by molar-refractivity contribution is -0.160. The minimum absolute atomic E-state index is 0.710. The molecule has 0 aliphatic heterocycles. The molecule has 0 heterocycles. The zero-order chi connectivity index (χ0) is 11.8. The largest absolute Gasteiger partial charge is 0.468 e. The van der Waals surface area contributed by atoms with E-state index in [0.717, 1.165) is 0 Å². The number of nitrogens with two attached hydrogens (primary N) is 1. The molecule has 2 N–H and O–H groups in total. The lowest BCUT2D eigenvalue weighted by Gasteiger charge is -2.45. The van der Waals surface area contributed by atoms with Gasteiger partial charge in [0.05, 0.1) is 7.11 Å². The molecule has 3 nitrogen and oxygen atoms in total. The number of hydrogen-bond acceptors (Lipinski definition) is 3. The normalized spacial score (nSPS) is 17.4. The van der Waals surface area contributed by atoms with Crippen LogP contribution in [0.15, 0.2) is 0 Å². The summed E-state index contributed by atoms with van der Waals surface area (Å²) in [6.07, 6.45) is 0. The molecule has 0 amide bonds. The zero-order valence-electron chi connectivity index (χ0n) is 9.77. The van der Waals surface area contributed by atoms with Crippen LogP contribution in [0.2, 0.25) is 0 Å². The van der Waals surface area contributed by atoms with Crippen LogP contribution in [0.5, 0.6) is 0 Å². The van der Waals surface area contributed by atoms with Crippen LogP contribution in [-0.2, 0) is 9.53 Å². The maximum atomic E-state index is 13.9. The van der Waals surface area contributed by atoms with E-state index in [1.54, 1.807) is 20.8 Å². The molecule has 0 aromatic heterocycles. The summed E-state index contributed by atoms with van der Waals surface area (Å²) in [4.78, 5) is 11.5. The standard InChI is InChI=1S/C10H20FNO2/c1-8(2,3)10(12,7(13)14-6)9(4,5)11/h12H2,1-6H3. The van der Waals surface area contributed by atoms with E-state index in [0.29, 0.717) is 0 Å². The minimum Gasteiger partial charge on any atom is -0.468 e. The summed E-state index contributed by atoms with van der Waals surface area (Å²) in [6.45, 7) is 7.71. The Morgan fingerprint density at radius 3 is 1.64 bits per heavy atom. The average Bonchev–Trinajstić information content (AvgIpc) is 1.97. The van der Waals surface area contributed by atoms with Crippen LogP contribution in [-0.4, -0.2) is 24.3 Å². The topological polar surface area (TPSA) is 52.3 Å². The van der Waals surface area contributed by atoms with Crippen molar-refractivity contribution in [1.82, 2.24) is 0 Å². The van der Waals surface area contributed by atoms with Crippen LogP contribution < -0.4 is 5.73 Å². The van der Waals surface area contributed by atoms with E-state index in [1.807, 2.05) is 0 Å². The highest BCUT2D eigenvalue weighted by molar-refractivity contribution is 5.83. The van der Waals surface area contributed by atoms with Crippen molar-refractivity contribution in [1.29, 1.82) is 0 Å². The van der Waals surface area contributed by atoms with Crippen molar-refractivity contribution in [2.75, 3.05) is 7.11 Å². The fourth-order valence-electron chi connectivity index (χ4n) is 1.60. The van der Waals surface area contributed by atoms with Gasteiger partial charge in [0.25, 0.3) is 0 Å². The molecule has 1 atom stereocenters. The smallest absolute Gasteiger partial charge is 0.329 e. The van der Waals surface area contributed by atoms with Gasteiger partial charge in [-0.2, -0.15) is 0 Å². The molecular weight excluding hydrogens is 185 g/mol. The van der Waals surface area contributed by atoms with Gasteiger partial charge in [0.1, 0.15) is 5.67 Å². The summed E-state index contributed by atoms with van der Waals surface area (Å²) in [5, 5.41) is 0. The predicted molar refractivity (Wildman–Crippen MR) is 53.6 cm³/mol. The first-order valence-corrected chi connectivity index (χ1v) is 4.54. The van der Waals surface area contributed by atoms with Gasteiger partial charge in [-0.1, -0.05) is 20.8 Å². The van der Waals surface area contributed by atoms with Crippen molar-refractivity contribution in [2.45, 2.75) is 45.8 Å². The van der Waals surface area contributed by atoms with Crippen molar-refractivity contribution < 1.29 is 13.9 Å². The van der Waals surface area contributed by atoms with E-state index < -0.39 is 22.6 Å². The highest BCUT2D eigenvalue weighted by Crippen LogP contribution is 2.39. The number of hydrogen-bond donors (Lipinski definition) is 1. The quantitative estimate of drug-likeness (QED) is 0.697. The SMILES string of the molecule is COC(=O)C(N)(C(C)(C)C)C(C)(C)F. The van der Waals surface area contributed by atoms with Crippen molar-refractivity contribution in [3.8, 4) is 0 Å². The fourth-order valence-corrected chi connectivity index (χ4v) is 1.60. The van der Waals surface area contributed by atoms with Gasteiger partial charge in [-0.05, 0) is 19.3 Å². The predicted octanol–water partition coefficient (Wildman–Crippen LogP) is 1.65. The van der Waals surface area contributed by atoms with Crippen molar-refractivity contribution >= 4 is 5.97 Å². The minimum atomic E-state index is -1.83. The second-order valence-electron chi connectivity index (χ2n) is 5.02. The molecule has 84 valence electrons. The molecule has 0 rings (SSSR count). The van der Waals surface area contributed by atoms with Gasteiger partial charge in [0.2, 0.25) is 0 Å². The average molecular weight is 205 g/mol. The molecule has 14 heavy (non-hydrogen) atoms. The third-order valence-corrected chi connectivity index (χ3v) is 2.63. The Morgan fingerprint density at radius 2 is 1.57 bits per heavy atom. The molecule has 0 fully saturated rings. The maximum Gasteiger partial charge on any atom is 0.329 e. The lowest BCUT2D eigenvalue weighted by Crippen LogP contribution is -2.68. The van der Waals surface area contributed by atoms with Crippen molar-refractivity contribution in [2.24, 2.45) is 11.1 Å². The van der Waals surface area contributed by atoms with E-state index in [1.165, 1.54) is 21.0 Å². The van der Waals surface area contributed by atoms with Gasteiger partial charge in [0, 0.05) is 0 Å². The van der Waals surface area contributed by atoms with E-state index in [4.69, 9.17) is 5.73 Å². The maximum absolute atomic E-state index is 13.9.